The number of nitrogens with zero attached hydrogens (tertiary/aromatic N) is 3. The van der Waals surface area contributed by atoms with Gasteiger partial charge in [0.15, 0.2) is 5.16 Å². The van der Waals surface area contributed by atoms with Gasteiger partial charge in [-0.2, -0.15) is 0 Å². The molecule has 1 fully saturated rings. The second kappa shape index (κ2) is 7.95. The predicted molar refractivity (Wildman–Crippen MR) is 83.9 cm³/mol. The fourth-order valence-electron chi connectivity index (χ4n) is 2.19. The van der Waals surface area contributed by atoms with E-state index in [1.54, 1.807) is 0 Å². The Morgan fingerprint density at radius 3 is 2.83 bits per heavy atom. The second-order valence-corrected chi connectivity index (χ2v) is 6.09. The smallest absolute Gasteiger partial charge is 0.322 e. The van der Waals surface area contributed by atoms with E-state index in [4.69, 9.17) is 0 Å². The minimum atomic E-state index is -0.617. The molecule has 4 amide bonds. The molecule has 1 unspecified atom stereocenters. The normalized spacial score (nSPS) is 17.0. The van der Waals surface area contributed by atoms with E-state index < -0.39 is 12.1 Å². The van der Waals surface area contributed by atoms with Crippen molar-refractivity contribution in [2.24, 2.45) is 0 Å². The fourth-order valence-corrected chi connectivity index (χ4v) is 3.09. The largest absolute Gasteiger partial charge is 0.355 e. The van der Waals surface area contributed by atoms with Crippen LogP contribution in [0.3, 0.4) is 0 Å². The average molecular weight is 340 g/mol. The van der Waals surface area contributed by atoms with E-state index in [1.165, 1.54) is 11.8 Å². The maximum absolute atomic E-state index is 11.7. The molecule has 10 heteroatoms. The van der Waals surface area contributed by atoms with E-state index in [0.717, 1.165) is 17.5 Å². The molecule has 0 radical (unpaired) electrons. The molecule has 0 bridgehead atoms. The fraction of sp³-hybridized carbons (Fsp3) is 0.615. The van der Waals surface area contributed by atoms with Crippen LogP contribution in [0.5, 0.6) is 0 Å². The Balaban J connectivity index is 1.63. The zero-order chi connectivity index (χ0) is 16.8. The molecule has 23 heavy (non-hydrogen) atoms. The van der Waals surface area contributed by atoms with Gasteiger partial charge in [-0.05, 0) is 20.3 Å². The molecule has 1 aromatic rings. The van der Waals surface area contributed by atoms with Crippen molar-refractivity contribution in [2.45, 2.75) is 44.4 Å². The van der Waals surface area contributed by atoms with Crippen LogP contribution in [0.25, 0.3) is 0 Å². The highest BCUT2D eigenvalue weighted by molar-refractivity contribution is 7.99. The standard InChI is InChI=1S/C13H20N6O3S/c1-3-19-8(2)17-18-13(19)23-7-6-14-10(20)5-4-9-11(21)16-12(22)15-9/h9H,3-7H2,1-2H3,(H,14,20)(H2,15,16,21,22). The minimum absolute atomic E-state index is 0.146. The summed E-state index contributed by atoms with van der Waals surface area (Å²) in [6.07, 6.45) is 0.479. The van der Waals surface area contributed by atoms with Crippen LogP contribution in [0, 0.1) is 6.92 Å². The van der Waals surface area contributed by atoms with Crippen LogP contribution in [0.4, 0.5) is 4.79 Å². The van der Waals surface area contributed by atoms with Gasteiger partial charge >= 0.3 is 6.03 Å². The highest BCUT2D eigenvalue weighted by atomic mass is 32.2. The van der Waals surface area contributed by atoms with E-state index in [9.17, 15) is 14.4 Å². The number of carbonyl (C=O) groups excluding carboxylic acids is 3. The molecular formula is C13H20N6O3S. The van der Waals surface area contributed by atoms with E-state index in [2.05, 4.69) is 26.1 Å². The predicted octanol–water partition coefficient (Wildman–Crippen LogP) is -0.197. The lowest BCUT2D eigenvalue weighted by atomic mass is 10.1. The third-order valence-electron chi connectivity index (χ3n) is 3.39. The summed E-state index contributed by atoms with van der Waals surface area (Å²) in [6.45, 7) is 5.24. The van der Waals surface area contributed by atoms with Crippen LogP contribution in [-0.4, -0.2) is 50.9 Å². The summed E-state index contributed by atoms with van der Waals surface area (Å²) in [5.41, 5.74) is 0. The Morgan fingerprint density at radius 1 is 1.39 bits per heavy atom. The molecule has 1 aromatic heterocycles. The Kier molecular flexibility index (Phi) is 5.97. The summed E-state index contributed by atoms with van der Waals surface area (Å²) in [7, 11) is 0. The molecule has 126 valence electrons. The first-order chi connectivity index (χ1) is 11.0. The SMILES string of the molecule is CCn1c(C)nnc1SCCNC(=O)CCC1NC(=O)NC1=O. The second-order valence-electron chi connectivity index (χ2n) is 5.03. The van der Waals surface area contributed by atoms with Crippen LogP contribution in [-0.2, 0) is 16.1 Å². The van der Waals surface area contributed by atoms with Gasteiger partial charge in [0.25, 0.3) is 5.91 Å². The third kappa shape index (κ3) is 4.68. The molecule has 1 aliphatic heterocycles. The monoisotopic (exact) mass is 340 g/mol. The van der Waals surface area contributed by atoms with Gasteiger partial charge in [-0.1, -0.05) is 11.8 Å². The molecule has 2 rings (SSSR count). The average Bonchev–Trinajstić information content (AvgIpc) is 3.03. The third-order valence-corrected chi connectivity index (χ3v) is 4.36. The molecule has 0 spiro atoms. The first-order valence-electron chi connectivity index (χ1n) is 7.42. The molecule has 1 atom stereocenters. The lowest BCUT2D eigenvalue weighted by Crippen LogP contribution is -2.32. The van der Waals surface area contributed by atoms with Crippen molar-refractivity contribution in [1.82, 2.24) is 30.7 Å². The summed E-state index contributed by atoms with van der Waals surface area (Å²) in [5, 5.41) is 16.3. The lowest BCUT2D eigenvalue weighted by Gasteiger charge is -2.08. The molecule has 0 aliphatic carbocycles. The molecule has 0 saturated carbocycles. The number of aromatic nitrogens is 3. The van der Waals surface area contributed by atoms with Crippen molar-refractivity contribution < 1.29 is 14.4 Å². The van der Waals surface area contributed by atoms with Crippen molar-refractivity contribution in [3.8, 4) is 0 Å². The van der Waals surface area contributed by atoms with E-state index >= 15 is 0 Å². The van der Waals surface area contributed by atoms with Gasteiger partial charge in [-0.15, -0.1) is 10.2 Å². The Bertz CT molecular complexity index is 603. The summed E-state index contributed by atoms with van der Waals surface area (Å²) in [4.78, 5) is 34.0. The van der Waals surface area contributed by atoms with E-state index in [0.29, 0.717) is 18.7 Å². The summed E-state index contributed by atoms with van der Waals surface area (Å²) < 4.78 is 2.01. The van der Waals surface area contributed by atoms with Gasteiger partial charge in [-0.25, -0.2) is 4.79 Å². The summed E-state index contributed by atoms with van der Waals surface area (Å²) in [5.74, 6) is 1.03. The number of hydrogen-bond donors (Lipinski definition) is 3. The van der Waals surface area contributed by atoms with E-state index in [-0.39, 0.29) is 18.2 Å². The topological polar surface area (TPSA) is 118 Å². The van der Waals surface area contributed by atoms with Crippen LogP contribution in [0.1, 0.15) is 25.6 Å². The summed E-state index contributed by atoms with van der Waals surface area (Å²) >= 11 is 1.53. The number of imide groups is 1. The number of nitrogens with one attached hydrogen (secondary N) is 3. The lowest BCUT2D eigenvalue weighted by molar-refractivity contribution is -0.122. The van der Waals surface area contributed by atoms with E-state index in [1.807, 2.05) is 18.4 Å². The molecule has 9 nitrogen and oxygen atoms in total. The van der Waals surface area contributed by atoms with Crippen LogP contribution < -0.4 is 16.0 Å². The Labute approximate surface area is 138 Å². The van der Waals surface area contributed by atoms with Gasteiger partial charge in [0.1, 0.15) is 11.9 Å². The van der Waals surface area contributed by atoms with Crippen LogP contribution in [0.2, 0.25) is 0 Å². The van der Waals surface area contributed by atoms with Crippen molar-refractivity contribution in [2.75, 3.05) is 12.3 Å². The molecular weight excluding hydrogens is 320 g/mol. The molecule has 2 heterocycles. The number of amides is 4. The molecule has 3 N–H and O–H groups in total. The van der Waals surface area contributed by atoms with Gasteiger partial charge in [0.2, 0.25) is 5.91 Å². The van der Waals surface area contributed by atoms with Crippen molar-refractivity contribution >= 4 is 29.6 Å². The van der Waals surface area contributed by atoms with Crippen LogP contribution >= 0.6 is 11.8 Å². The maximum Gasteiger partial charge on any atom is 0.322 e. The van der Waals surface area contributed by atoms with Crippen LogP contribution in [0.15, 0.2) is 5.16 Å². The Morgan fingerprint density at radius 2 is 2.17 bits per heavy atom. The zero-order valence-electron chi connectivity index (χ0n) is 13.1. The minimum Gasteiger partial charge on any atom is -0.355 e. The Hall–Kier alpha value is -2.10. The van der Waals surface area contributed by atoms with Gasteiger partial charge < -0.3 is 15.2 Å². The first kappa shape index (κ1) is 17.3. The van der Waals surface area contributed by atoms with Gasteiger partial charge in [0, 0.05) is 25.3 Å². The number of hydrogen-bond acceptors (Lipinski definition) is 6. The molecule has 1 saturated heterocycles. The highest BCUT2D eigenvalue weighted by Gasteiger charge is 2.29. The number of urea groups is 1. The first-order valence-corrected chi connectivity index (χ1v) is 8.40. The number of thioether (sulfide) groups is 1. The van der Waals surface area contributed by atoms with Gasteiger partial charge in [-0.3, -0.25) is 14.9 Å². The van der Waals surface area contributed by atoms with Crippen molar-refractivity contribution in [1.29, 1.82) is 0 Å². The number of rotatable bonds is 8. The zero-order valence-corrected chi connectivity index (χ0v) is 13.9. The molecule has 1 aliphatic rings. The number of aryl methyl sites for hydroxylation is 1. The van der Waals surface area contributed by atoms with Gasteiger partial charge in [0.05, 0.1) is 0 Å². The van der Waals surface area contributed by atoms with Crippen molar-refractivity contribution in [3.63, 3.8) is 0 Å². The molecule has 0 aromatic carbocycles. The quantitative estimate of drug-likeness (QED) is 0.343. The van der Waals surface area contributed by atoms with Crippen molar-refractivity contribution in [3.05, 3.63) is 5.82 Å². The summed E-state index contributed by atoms with van der Waals surface area (Å²) in [6, 6.07) is -1.12. The maximum atomic E-state index is 11.7. The highest BCUT2D eigenvalue weighted by Crippen LogP contribution is 2.15. The number of carbonyl (C=O) groups is 3.